The Labute approximate surface area is 90.7 Å². The van der Waals surface area contributed by atoms with Crippen molar-refractivity contribution in [2.24, 2.45) is 0 Å². The largest absolute Gasteiger partial charge is 0.411 e. The highest BCUT2D eigenvalue weighted by atomic mass is 32.2. The van der Waals surface area contributed by atoms with Crippen molar-refractivity contribution in [2.45, 2.75) is 12.1 Å². The Hall–Kier alpha value is -1.36. The van der Waals surface area contributed by atoms with Gasteiger partial charge in [-0.2, -0.15) is 0 Å². The fraction of sp³-hybridized carbons (Fsp3) is 0.200. The van der Waals surface area contributed by atoms with E-state index in [1.54, 1.807) is 12.1 Å². The Morgan fingerprint density at radius 3 is 3.00 bits per heavy atom. The molecule has 2 aromatic rings. The normalized spacial score (nSPS) is 10.5. The molecule has 78 valence electrons. The van der Waals surface area contributed by atoms with Gasteiger partial charge in [-0.3, -0.25) is 0 Å². The lowest BCUT2D eigenvalue weighted by molar-refractivity contribution is 0.465. The van der Waals surface area contributed by atoms with Crippen molar-refractivity contribution in [3.63, 3.8) is 0 Å². The van der Waals surface area contributed by atoms with Crippen LogP contribution in [0.3, 0.4) is 0 Å². The highest BCUT2D eigenvalue weighted by molar-refractivity contribution is 7.99. The molecule has 0 aliphatic rings. The summed E-state index contributed by atoms with van der Waals surface area (Å²) in [7, 11) is 0. The van der Waals surface area contributed by atoms with Crippen LogP contribution in [0, 0.1) is 5.82 Å². The topological polar surface area (TPSA) is 38.9 Å². The fourth-order valence-electron chi connectivity index (χ4n) is 1.13. The van der Waals surface area contributed by atoms with Gasteiger partial charge in [-0.15, -0.1) is 10.2 Å². The molecule has 1 aromatic carbocycles. The minimum Gasteiger partial charge on any atom is -0.411 e. The fourth-order valence-corrected chi connectivity index (χ4v) is 1.61. The average Bonchev–Trinajstić information content (AvgIpc) is 2.67. The molecule has 0 spiro atoms. The second-order valence-electron chi connectivity index (χ2n) is 2.82. The first-order valence-electron chi connectivity index (χ1n) is 4.52. The summed E-state index contributed by atoms with van der Waals surface area (Å²) in [6.45, 7) is 2.00. The van der Waals surface area contributed by atoms with Crippen LogP contribution in [0.25, 0.3) is 11.5 Å². The molecule has 1 heterocycles. The van der Waals surface area contributed by atoms with Gasteiger partial charge in [0.2, 0.25) is 5.89 Å². The van der Waals surface area contributed by atoms with E-state index < -0.39 is 0 Å². The second-order valence-corrected chi connectivity index (χ2v) is 4.03. The molecule has 0 saturated heterocycles. The first-order valence-corrected chi connectivity index (χ1v) is 5.50. The van der Waals surface area contributed by atoms with Crippen molar-refractivity contribution in [3.8, 4) is 11.5 Å². The van der Waals surface area contributed by atoms with Gasteiger partial charge in [-0.1, -0.05) is 24.8 Å². The molecule has 2 rings (SSSR count). The molecule has 5 heteroatoms. The van der Waals surface area contributed by atoms with E-state index in [1.807, 2.05) is 6.92 Å². The van der Waals surface area contributed by atoms with Gasteiger partial charge >= 0.3 is 0 Å². The molecule has 0 aliphatic carbocycles. The van der Waals surface area contributed by atoms with Crippen LogP contribution in [0.5, 0.6) is 0 Å². The monoisotopic (exact) mass is 224 g/mol. The third kappa shape index (κ3) is 2.36. The third-order valence-corrected chi connectivity index (χ3v) is 2.45. The summed E-state index contributed by atoms with van der Waals surface area (Å²) >= 11 is 1.46. The summed E-state index contributed by atoms with van der Waals surface area (Å²) in [5, 5.41) is 8.19. The number of nitrogens with zero attached hydrogens (tertiary/aromatic N) is 2. The first kappa shape index (κ1) is 10.2. The van der Waals surface area contributed by atoms with E-state index in [2.05, 4.69) is 10.2 Å². The summed E-state index contributed by atoms with van der Waals surface area (Å²) in [5.41, 5.74) is 0.602. The number of aromatic nitrogens is 2. The molecule has 15 heavy (non-hydrogen) atoms. The van der Waals surface area contributed by atoms with Crippen LogP contribution in [0.4, 0.5) is 4.39 Å². The van der Waals surface area contributed by atoms with Gasteiger partial charge < -0.3 is 4.42 Å². The molecule has 0 bridgehead atoms. The summed E-state index contributed by atoms with van der Waals surface area (Å²) < 4.78 is 18.3. The van der Waals surface area contributed by atoms with E-state index in [1.165, 1.54) is 23.9 Å². The first-order chi connectivity index (χ1) is 7.29. The Morgan fingerprint density at radius 1 is 1.40 bits per heavy atom. The van der Waals surface area contributed by atoms with Gasteiger partial charge in [0.15, 0.2) is 0 Å². The van der Waals surface area contributed by atoms with Crippen LogP contribution in [0.2, 0.25) is 0 Å². The lowest BCUT2D eigenvalue weighted by Crippen LogP contribution is -1.79. The van der Waals surface area contributed by atoms with Crippen LogP contribution < -0.4 is 0 Å². The summed E-state index contributed by atoms with van der Waals surface area (Å²) in [4.78, 5) is 0. The van der Waals surface area contributed by atoms with Crippen LogP contribution in [-0.4, -0.2) is 16.0 Å². The van der Waals surface area contributed by atoms with E-state index in [-0.39, 0.29) is 5.82 Å². The molecule has 0 radical (unpaired) electrons. The Bertz CT molecular complexity index is 458. The van der Waals surface area contributed by atoms with Crippen molar-refractivity contribution in [1.29, 1.82) is 0 Å². The Balaban J connectivity index is 2.29. The lowest BCUT2D eigenvalue weighted by Gasteiger charge is -1.93. The van der Waals surface area contributed by atoms with E-state index in [0.717, 1.165) is 5.75 Å². The van der Waals surface area contributed by atoms with Crippen molar-refractivity contribution in [1.82, 2.24) is 10.2 Å². The van der Waals surface area contributed by atoms with Crippen molar-refractivity contribution in [3.05, 3.63) is 30.1 Å². The summed E-state index contributed by atoms with van der Waals surface area (Å²) in [6.07, 6.45) is 0. The molecule has 0 N–H and O–H groups in total. The molecule has 0 atom stereocenters. The third-order valence-electron chi connectivity index (χ3n) is 1.75. The quantitative estimate of drug-likeness (QED) is 0.751. The summed E-state index contributed by atoms with van der Waals surface area (Å²) in [5.74, 6) is 0.908. The van der Waals surface area contributed by atoms with E-state index in [9.17, 15) is 4.39 Å². The molecule has 1 aromatic heterocycles. The van der Waals surface area contributed by atoms with Crippen LogP contribution in [-0.2, 0) is 0 Å². The zero-order chi connectivity index (χ0) is 10.7. The van der Waals surface area contributed by atoms with Crippen LogP contribution in [0.1, 0.15) is 6.92 Å². The van der Waals surface area contributed by atoms with Crippen LogP contribution >= 0.6 is 11.8 Å². The van der Waals surface area contributed by atoms with E-state index in [4.69, 9.17) is 4.42 Å². The van der Waals surface area contributed by atoms with Crippen molar-refractivity contribution >= 4 is 11.8 Å². The maximum absolute atomic E-state index is 12.9. The Kier molecular flexibility index (Phi) is 3.01. The standard InChI is InChI=1S/C10H9FN2OS/c1-2-15-10-13-12-9(14-10)7-4-3-5-8(11)6-7/h3-6H,2H2,1H3. The smallest absolute Gasteiger partial charge is 0.276 e. The van der Waals surface area contributed by atoms with Crippen LogP contribution in [0.15, 0.2) is 33.9 Å². The molecule has 0 aliphatic heterocycles. The lowest BCUT2D eigenvalue weighted by atomic mass is 10.2. The highest BCUT2D eigenvalue weighted by Crippen LogP contribution is 2.23. The van der Waals surface area contributed by atoms with E-state index >= 15 is 0 Å². The number of benzene rings is 1. The maximum atomic E-state index is 12.9. The van der Waals surface area contributed by atoms with Gasteiger partial charge in [-0.05, 0) is 24.0 Å². The predicted octanol–water partition coefficient (Wildman–Crippen LogP) is 2.99. The van der Waals surface area contributed by atoms with Gasteiger partial charge in [0.05, 0.1) is 0 Å². The minimum atomic E-state index is -0.310. The number of hydrogen-bond donors (Lipinski definition) is 0. The number of rotatable bonds is 3. The zero-order valence-electron chi connectivity index (χ0n) is 8.11. The van der Waals surface area contributed by atoms with Gasteiger partial charge in [0.25, 0.3) is 5.22 Å². The second kappa shape index (κ2) is 4.44. The van der Waals surface area contributed by atoms with Crippen molar-refractivity contribution < 1.29 is 8.81 Å². The minimum absolute atomic E-state index is 0.310. The van der Waals surface area contributed by atoms with Gasteiger partial charge in [-0.25, -0.2) is 4.39 Å². The van der Waals surface area contributed by atoms with Gasteiger partial charge in [0.1, 0.15) is 5.82 Å². The van der Waals surface area contributed by atoms with E-state index in [0.29, 0.717) is 16.7 Å². The van der Waals surface area contributed by atoms with Crippen molar-refractivity contribution in [2.75, 3.05) is 5.75 Å². The predicted molar refractivity (Wildman–Crippen MR) is 56.1 cm³/mol. The highest BCUT2D eigenvalue weighted by Gasteiger charge is 2.08. The number of hydrogen-bond acceptors (Lipinski definition) is 4. The number of halogens is 1. The molecule has 0 amide bonds. The Morgan fingerprint density at radius 2 is 2.27 bits per heavy atom. The molecular weight excluding hydrogens is 215 g/mol. The molecule has 0 saturated carbocycles. The maximum Gasteiger partial charge on any atom is 0.276 e. The molecular formula is C10H9FN2OS. The molecule has 0 fully saturated rings. The van der Waals surface area contributed by atoms with Gasteiger partial charge in [0, 0.05) is 5.56 Å². The SMILES string of the molecule is CCSc1nnc(-c2cccc(F)c2)o1. The molecule has 0 unspecified atom stereocenters. The number of thioether (sulfide) groups is 1. The average molecular weight is 224 g/mol. The summed E-state index contributed by atoms with van der Waals surface area (Å²) in [6, 6.07) is 6.09. The zero-order valence-corrected chi connectivity index (χ0v) is 8.92. The molecule has 3 nitrogen and oxygen atoms in total.